The van der Waals surface area contributed by atoms with E-state index in [9.17, 15) is 0 Å². The second-order valence-electron chi connectivity index (χ2n) is 4.37. The maximum atomic E-state index is 8.50. The van der Waals surface area contributed by atoms with Crippen LogP contribution in [0, 0.1) is 11.3 Å². The lowest BCUT2D eigenvalue weighted by Crippen LogP contribution is -2.21. The highest BCUT2D eigenvalue weighted by molar-refractivity contribution is 5.43. The SMILES string of the molecule is N#CCCCN1C=CC(C2=CCC=CC2)=CC1. The van der Waals surface area contributed by atoms with Gasteiger partial charge in [0.15, 0.2) is 0 Å². The van der Waals surface area contributed by atoms with E-state index in [1.165, 1.54) is 11.1 Å². The highest BCUT2D eigenvalue weighted by atomic mass is 15.1. The van der Waals surface area contributed by atoms with Crippen LogP contribution in [-0.4, -0.2) is 18.0 Å². The van der Waals surface area contributed by atoms with E-state index in [1.54, 1.807) is 0 Å². The number of hydrogen-bond acceptors (Lipinski definition) is 2. The molecule has 0 atom stereocenters. The monoisotopic (exact) mass is 226 g/mol. The molecular formula is C15H18N2. The summed E-state index contributed by atoms with van der Waals surface area (Å²) in [4.78, 5) is 2.26. The fourth-order valence-corrected chi connectivity index (χ4v) is 2.13. The lowest BCUT2D eigenvalue weighted by molar-refractivity contribution is 0.404. The molecular weight excluding hydrogens is 208 g/mol. The quantitative estimate of drug-likeness (QED) is 0.543. The molecule has 2 rings (SSSR count). The Morgan fingerprint density at radius 3 is 2.88 bits per heavy atom. The summed E-state index contributed by atoms with van der Waals surface area (Å²) in [5.41, 5.74) is 2.81. The summed E-state index contributed by atoms with van der Waals surface area (Å²) < 4.78 is 0. The Morgan fingerprint density at radius 2 is 2.24 bits per heavy atom. The van der Waals surface area contributed by atoms with E-state index in [1.807, 2.05) is 0 Å². The number of nitrogens with zero attached hydrogens (tertiary/aromatic N) is 2. The van der Waals surface area contributed by atoms with E-state index in [0.717, 1.165) is 32.4 Å². The van der Waals surface area contributed by atoms with Crippen LogP contribution in [0.4, 0.5) is 0 Å². The van der Waals surface area contributed by atoms with Crippen LogP contribution in [0.15, 0.2) is 47.7 Å². The summed E-state index contributed by atoms with van der Waals surface area (Å²) in [6.45, 7) is 1.95. The molecule has 0 fully saturated rings. The molecule has 0 amide bonds. The number of unbranched alkanes of at least 4 members (excludes halogenated alkanes) is 1. The third kappa shape index (κ3) is 3.35. The van der Waals surface area contributed by atoms with Crippen molar-refractivity contribution in [3.05, 3.63) is 47.7 Å². The van der Waals surface area contributed by atoms with Gasteiger partial charge in [-0.1, -0.05) is 24.3 Å². The normalized spacial score (nSPS) is 18.6. The molecule has 0 aromatic carbocycles. The van der Waals surface area contributed by atoms with Gasteiger partial charge in [-0.3, -0.25) is 0 Å². The van der Waals surface area contributed by atoms with Gasteiger partial charge in [-0.15, -0.1) is 0 Å². The van der Waals surface area contributed by atoms with Crippen LogP contribution in [0.25, 0.3) is 0 Å². The van der Waals surface area contributed by atoms with Gasteiger partial charge in [-0.25, -0.2) is 0 Å². The van der Waals surface area contributed by atoms with E-state index >= 15 is 0 Å². The molecule has 0 N–H and O–H groups in total. The minimum atomic E-state index is 0.650. The molecule has 0 unspecified atom stereocenters. The Morgan fingerprint density at radius 1 is 1.29 bits per heavy atom. The van der Waals surface area contributed by atoms with E-state index < -0.39 is 0 Å². The maximum Gasteiger partial charge on any atom is 0.0622 e. The summed E-state index contributed by atoms with van der Waals surface area (Å²) in [7, 11) is 0. The van der Waals surface area contributed by atoms with Crippen molar-refractivity contribution in [2.75, 3.05) is 13.1 Å². The van der Waals surface area contributed by atoms with Crippen LogP contribution < -0.4 is 0 Å². The van der Waals surface area contributed by atoms with Crippen molar-refractivity contribution >= 4 is 0 Å². The van der Waals surface area contributed by atoms with E-state index in [2.05, 4.69) is 47.5 Å². The molecule has 2 heteroatoms. The predicted molar refractivity (Wildman–Crippen MR) is 70.1 cm³/mol. The van der Waals surface area contributed by atoms with Gasteiger partial charge in [-0.05, 0) is 42.7 Å². The molecule has 1 aliphatic carbocycles. The van der Waals surface area contributed by atoms with Crippen LogP contribution in [-0.2, 0) is 0 Å². The van der Waals surface area contributed by atoms with Crippen molar-refractivity contribution in [1.29, 1.82) is 5.26 Å². The number of hydrogen-bond donors (Lipinski definition) is 0. The smallest absolute Gasteiger partial charge is 0.0622 e. The zero-order valence-electron chi connectivity index (χ0n) is 10.1. The van der Waals surface area contributed by atoms with E-state index in [4.69, 9.17) is 5.26 Å². The van der Waals surface area contributed by atoms with Crippen LogP contribution in [0.3, 0.4) is 0 Å². The molecule has 0 aromatic rings. The van der Waals surface area contributed by atoms with Crippen molar-refractivity contribution < 1.29 is 0 Å². The van der Waals surface area contributed by atoms with Crippen molar-refractivity contribution in [2.24, 2.45) is 0 Å². The first kappa shape index (κ1) is 11.7. The summed E-state index contributed by atoms with van der Waals surface area (Å²) >= 11 is 0. The first-order valence-corrected chi connectivity index (χ1v) is 6.24. The third-order valence-corrected chi connectivity index (χ3v) is 3.12. The molecule has 0 spiro atoms. The van der Waals surface area contributed by atoms with E-state index in [-0.39, 0.29) is 0 Å². The van der Waals surface area contributed by atoms with Crippen LogP contribution in [0.1, 0.15) is 25.7 Å². The maximum absolute atomic E-state index is 8.50. The highest BCUT2D eigenvalue weighted by Crippen LogP contribution is 2.23. The summed E-state index contributed by atoms with van der Waals surface area (Å²) in [6, 6.07) is 2.18. The zero-order chi connectivity index (χ0) is 11.9. The Bertz CT molecular complexity index is 419. The second kappa shape index (κ2) is 6.10. The topological polar surface area (TPSA) is 27.0 Å². The first-order valence-electron chi connectivity index (χ1n) is 6.24. The van der Waals surface area contributed by atoms with Crippen LogP contribution in [0.2, 0.25) is 0 Å². The van der Waals surface area contributed by atoms with Gasteiger partial charge in [-0.2, -0.15) is 5.26 Å². The molecule has 2 aliphatic rings. The fourth-order valence-electron chi connectivity index (χ4n) is 2.13. The van der Waals surface area contributed by atoms with Crippen LogP contribution in [0.5, 0.6) is 0 Å². The zero-order valence-corrected chi connectivity index (χ0v) is 10.1. The lowest BCUT2D eigenvalue weighted by atomic mass is 9.96. The van der Waals surface area contributed by atoms with Gasteiger partial charge in [0.25, 0.3) is 0 Å². The number of nitriles is 1. The van der Waals surface area contributed by atoms with Crippen molar-refractivity contribution in [2.45, 2.75) is 25.7 Å². The van der Waals surface area contributed by atoms with Crippen molar-refractivity contribution in [3.63, 3.8) is 0 Å². The molecule has 1 heterocycles. The molecule has 1 aliphatic heterocycles. The predicted octanol–water partition coefficient (Wildman–Crippen LogP) is 3.32. The highest BCUT2D eigenvalue weighted by Gasteiger charge is 2.08. The Labute approximate surface area is 103 Å². The third-order valence-electron chi connectivity index (χ3n) is 3.12. The summed E-state index contributed by atoms with van der Waals surface area (Å²) in [5, 5.41) is 8.50. The summed E-state index contributed by atoms with van der Waals surface area (Å²) in [6.07, 6.45) is 17.1. The molecule has 0 radical (unpaired) electrons. The Balaban J connectivity index is 1.84. The molecule has 0 aromatic heterocycles. The van der Waals surface area contributed by atoms with Gasteiger partial charge < -0.3 is 4.90 Å². The molecule has 17 heavy (non-hydrogen) atoms. The van der Waals surface area contributed by atoms with Gasteiger partial charge >= 0.3 is 0 Å². The van der Waals surface area contributed by atoms with E-state index in [0.29, 0.717) is 6.42 Å². The number of rotatable bonds is 4. The average Bonchev–Trinajstić information content (AvgIpc) is 2.41. The lowest BCUT2D eigenvalue weighted by Gasteiger charge is -2.23. The standard InChI is InChI=1S/C15H18N2/c16-10-4-5-11-17-12-8-15(9-13-17)14-6-2-1-3-7-14/h1-2,7-9,12H,3-6,11,13H2. The molecule has 0 bridgehead atoms. The van der Waals surface area contributed by atoms with Gasteiger partial charge in [0.05, 0.1) is 6.07 Å². The Kier molecular flexibility index (Phi) is 4.21. The number of allylic oxidation sites excluding steroid dienone is 6. The van der Waals surface area contributed by atoms with Gasteiger partial charge in [0, 0.05) is 19.5 Å². The molecule has 2 nitrogen and oxygen atoms in total. The summed E-state index contributed by atoms with van der Waals surface area (Å²) in [5.74, 6) is 0. The minimum absolute atomic E-state index is 0.650. The van der Waals surface area contributed by atoms with Crippen molar-refractivity contribution in [3.8, 4) is 6.07 Å². The fraction of sp³-hybridized carbons (Fsp3) is 0.400. The van der Waals surface area contributed by atoms with Gasteiger partial charge in [0.2, 0.25) is 0 Å². The molecule has 88 valence electrons. The average molecular weight is 226 g/mol. The second-order valence-corrected chi connectivity index (χ2v) is 4.37. The Hall–Kier alpha value is -1.75. The van der Waals surface area contributed by atoms with Crippen molar-refractivity contribution in [1.82, 2.24) is 4.90 Å². The largest absolute Gasteiger partial charge is 0.374 e. The van der Waals surface area contributed by atoms with Crippen LogP contribution >= 0.6 is 0 Å². The minimum Gasteiger partial charge on any atom is -0.374 e. The molecule has 0 saturated heterocycles. The molecule has 0 saturated carbocycles. The van der Waals surface area contributed by atoms with Gasteiger partial charge in [0.1, 0.15) is 0 Å². The first-order chi connectivity index (χ1) is 8.40.